The number of aromatic nitrogens is 2. The molecule has 0 radical (unpaired) electrons. The minimum atomic E-state index is 0.180. The molecule has 1 amide bonds. The van der Waals surface area contributed by atoms with Crippen molar-refractivity contribution in [1.29, 1.82) is 0 Å². The van der Waals surface area contributed by atoms with Crippen molar-refractivity contribution in [2.45, 2.75) is 39.7 Å². The van der Waals surface area contributed by atoms with E-state index < -0.39 is 0 Å². The highest BCUT2D eigenvalue weighted by Crippen LogP contribution is 2.27. The Balaban J connectivity index is 1.79. The van der Waals surface area contributed by atoms with E-state index in [1.807, 2.05) is 37.2 Å². The van der Waals surface area contributed by atoms with Crippen LogP contribution in [0.2, 0.25) is 0 Å². The Morgan fingerprint density at radius 1 is 1.38 bits per heavy atom. The van der Waals surface area contributed by atoms with Gasteiger partial charge in [0.2, 0.25) is 0 Å². The molecule has 1 aliphatic heterocycles. The second-order valence-corrected chi connectivity index (χ2v) is 7.22. The van der Waals surface area contributed by atoms with Gasteiger partial charge in [0.15, 0.2) is 0 Å². The van der Waals surface area contributed by atoms with Gasteiger partial charge in [-0.05, 0) is 39.7 Å². The highest BCUT2D eigenvalue weighted by molar-refractivity contribution is 7.12. The molecule has 3 rings (SSSR count). The van der Waals surface area contributed by atoms with Gasteiger partial charge in [0, 0.05) is 35.2 Å². The lowest BCUT2D eigenvalue weighted by molar-refractivity contribution is 0.0678. The molecule has 21 heavy (non-hydrogen) atoms. The number of thiophene rings is 1. The first-order chi connectivity index (χ1) is 10.1. The molecular weight excluding hydrogens is 282 g/mol. The maximum absolute atomic E-state index is 12.7. The Morgan fingerprint density at radius 2 is 2.19 bits per heavy atom. The first-order valence-corrected chi connectivity index (χ1v) is 8.23. The summed E-state index contributed by atoms with van der Waals surface area (Å²) >= 11 is 1.70. The Labute approximate surface area is 129 Å². The molecule has 1 saturated heterocycles. The van der Waals surface area contributed by atoms with Crippen LogP contribution in [0.4, 0.5) is 0 Å². The minimum absolute atomic E-state index is 0.180. The average molecular weight is 303 g/mol. The molecule has 0 spiro atoms. The van der Waals surface area contributed by atoms with Crippen LogP contribution in [-0.2, 0) is 0 Å². The third-order valence-corrected chi connectivity index (χ3v) is 5.18. The summed E-state index contributed by atoms with van der Waals surface area (Å²) in [6, 6.07) is 2.37. The van der Waals surface area contributed by atoms with Gasteiger partial charge in [0.05, 0.1) is 11.6 Å². The van der Waals surface area contributed by atoms with Gasteiger partial charge in [-0.3, -0.25) is 4.79 Å². The van der Waals surface area contributed by atoms with E-state index in [-0.39, 0.29) is 5.91 Å². The van der Waals surface area contributed by atoms with E-state index in [0.29, 0.717) is 6.04 Å². The van der Waals surface area contributed by atoms with Gasteiger partial charge in [-0.25, -0.2) is 4.98 Å². The fraction of sp³-hybridized carbons (Fsp3) is 0.500. The number of imidazole rings is 1. The summed E-state index contributed by atoms with van der Waals surface area (Å²) in [5.74, 6) is 1.20. The third-order valence-electron chi connectivity index (χ3n) is 4.21. The first kappa shape index (κ1) is 14.3. The predicted octanol–water partition coefficient (Wildman–Crippen LogP) is 3.35. The van der Waals surface area contributed by atoms with Crippen LogP contribution in [0.5, 0.6) is 0 Å². The minimum Gasteiger partial charge on any atom is -0.337 e. The van der Waals surface area contributed by atoms with E-state index in [2.05, 4.69) is 16.5 Å². The van der Waals surface area contributed by atoms with Gasteiger partial charge in [-0.1, -0.05) is 0 Å². The average Bonchev–Trinajstić information content (AvgIpc) is 3.03. The fourth-order valence-electron chi connectivity index (χ4n) is 3.15. The maximum Gasteiger partial charge on any atom is 0.255 e. The molecule has 0 unspecified atom stereocenters. The number of aryl methyl sites for hydroxylation is 3. The molecular formula is C16H21N3OS. The second-order valence-electron chi connectivity index (χ2n) is 5.76. The van der Waals surface area contributed by atoms with E-state index in [1.54, 1.807) is 11.3 Å². The topological polar surface area (TPSA) is 38.1 Å². The molecule has 0 N–H and O–H groups in total. The molecule has 2 aromatic rings. The van der Waals surface area contributed by atoms with Gasteiger partial charge in [-0.2, -0.15) is 0 Å². The summed E-state index contributed by atoms with van der Waals surface area (Å²) in [7, 11) is 0. The van der Waals surface area contributed by atoms with Crippen molar-refractivity contribution in [1.82, 2.24) is 14.5 Å². The van der Waals surface area contributed by atoms with Crippen molar-refractivity contribution >= 4 is 17.2 Å². The summed E-state index contributed by atoms with van der Waals surface area (Å²) < 4.78 is 2.20. The summed E-state index contributed by atoms with van der Waals surface area (Å²) in [5, 5.41) is 0. The number of hydrogen-bond donors (Lipinski definition) is 0. The van der Waals surface area contributed by atoms with E-state index >= 15 is 0 Å². The highest BCUT2D eigenvalue weighted by Gasteiger charge is 2.27. The molecule has 1 fully saturated rings. The lowest BCUT2D eigenvalue weighted by Gasteiger charge is -2.34. The molecule has 112 valence electrons. The van der Waals surface area contributed by atoms with Gasteiger partial charge >= 0.3 is 0 Å². The zero-order chi connectivity index (χ0) is 15.0. The maximum atomic E-state index is 12.7. The van der Waals surface area contributed by atoms with E-state index in [0.717, 1.165) is 42.2 Å². The Bertz CT molecular complexity index is 658. The number of carbonyl (C=O) groups is 1. The molecule has 1 atom stereocenters. The lowest BCUT2D eigenvalue weighted by atomic mass is 10.0. The molecule has 2 aromatic heterocycles. The zero-order valence-electron chi connectivity index (χ0n) is 12.8. The normalized spacial score (nSPS) is 19.0. The van der Waals surface area contributed by atoms with Crippen LogP contribution < -0.4 is 0 Å². The third kappa shape index (κ3) is 2.75. The van der Waals surface area contributed by atoms with E-state index in [4.69, 9.17) is 0 Å². The molecule has 1 aliphatic rings. The summed E-state index contributed by atoms with van der Waals surface area (Å²) in [6.45, 7) is 7.75. The number of nitrogens with zero attached hydrogens (tertiary/aromatic N) is 3. The van der Waals surface area contributed by atoms with Crippen LogP contribution in [0.1, 0.15) is 44.8 Å². The van der Waals surface area contributed by atoms with Crippen LogP contribution in [0.15, 0.2) is 18.5 Å². The number of hydrogen-bond acceptors (Lipinski definition) is 3. The SMILES string of the molecule is Cc1cc(C(=O)N2CCC[C@H](n3ccnc3C)C2)c(C)s1. The van der Waals surface area contributed by atoms with Crippen molar-refractivity contribution in [3.8, 4) is 0 Å². The van der Waals surface area contributed by atoms with Crippen molar-refractivity contribution in [3.05, 3.63) is 39.6 Å². The Kier molecular flexibility index (Phi) is 3.85. The van der Waals surface area contributed by atoms with Crippen molar-refractivity contribution in [2.75, 3.05) is 13.1 Å². The first-order valence-electron chi connectivity index (χ1n) is 7.42. The molecule has 0 aliphatic carbocycles. The van der Waals surface area contributed by atoms with Crippen LogP contribution in [0, 0.1) is 20.8 Å². The van der Waals surface area contributed by atoms with Crippen molar-refractivity contribution in [3.63, 3.8) is 0 Å². The Hall–Kier alpha value is -1.62. The molecule has 4 nitrogen and oxygen atoms in total. The van der Waals surface area contributed by atoms with E-state index in [9.17, 15) is 4.79 Å². The van der Waals surface area contributed by atoms with E-state index in [1.165, 1.54) is 4.88 Å². The number of amides is 1. The molecule has 0 saturated carbocycles. The van der Waals surface area contributed by atoms with Gasteiger partial charge in [0.1, 0.15) is 5.82 Å². The van der Waals surface area contributed by atoms with Crippen LogP contribution in [0.3, 0.4) is 0 Å². The standard InChI is InChI=1S/C16H21N3OS/c1-11-9-15(12(2)21-11)16(20)18-7-4-5-14(10-18)19-8-6-17-13(19)3/h6,8-9,14H,4-5,7,10H2,1-3H3/t14-/m0/s1. The molecule has 3 heterocycles. The monoisotopic (exact) mass is 303 g/mol. The van der Waals surface area contributed by atoms with Crippen LogP contribution in [0.25, 0.3) is 0 Å². The second kappa shape index (κ2) is 5.64. The smallest absolute Gasteiger partial charge is 0.255 e. The Morgan fingerprint density at radius 3 is 2.81 bits per heavy atom. The molecule has 5 heteroatoms. The van der Waals surface area contributed by atoms with Gasteiger partial charge < -0.3 is 9.47 Å². The predicted molar refractivity (Wildman–Crippen MR) is 84.9 cm³/mol. The summed E-state index contributed by atoms with van der Waals surface area (Å²) in [5.41, 5.74) is 0.875. The number of rotatable bonds is 2. The quantitative estimate of drug-likeness (QED) is 0.853. The largest absolute Gasteiger partial charge is 0.337 e. The van der Waals surface area contributed by atoms with Crippen LogP contribution >= 0.6 is 11.3 Å². The van der Waals surface area contributed by atoms with Gasteiger partial charge in [0.25, 0.3) is 5.91 Å². The van der Waals surface area contributed by atoms with Crippen LogP contribution in [-0.4, -0.2) is 33.4 Å². The number of likely N-dealkylation sites (tertiary alicyclic amines) is 1. The van der Waals surface area contributed by atoms with Crippen molar-refractivity contribution < 1.29 is 4.79 Å². The fourth-order valence-corrected chi connectivity index (χ4v) is 4.07. The zero-order valence-corrected chi connectivity index (χ0v) is 13.6. The summed E-state index contributed by atoms with van der Waals surface area (Å²) in [6.07, 6.45) is 6.02. The number of piperidine rings is 1. The lowest BCUT2D eigenvalue weighted by Crippen LogP contribution is -2.40. The molecule has 0 bridgehead atoms. The summed E-state index contributed by atoms with van der Waals surface area (Å²) in [4.78, 5) is 21.4. The van der Waals surface area contributed by atoms with Gasteiger partial charge in [-0.15, -0.1) is 11.3 Å². The number of carbonyl (C=O) groups excluding carboxylic acids is 1. The van der Waals surface area contributed by atoms with Crippen molar-refractivity contribution in [2.24, 2.45) is 0 Å². The highest BCUT2D eigenvalue weighted by atomic mass is 32.1. The molecule has 0 aromatic carbocycles.